The second-order valence-electron chi connectivity index (χ2n) is 4.69. The predicted octanol–water partition coefficient (Wildman–Crippen LogP) is 3.43. The Morgan fingerprint density at radius 3 is 2.20 bits per heavy atom. The largest absolute Gasteiger partial charge is 0.508 e. The van der Waals surface area contributed by atoms with Crippen LogP contribution in [0.1, 0.15) is 24.2 Å². The van der Waals surface area contributed by atoms with E-state index in [-0.39, 0.29) is 17.8 Å². The van der Waals surface area contributed by atoms with Crippen molar-refractivity contribution in [1.29, 1.82) is 0 Å². The first-order chi connectivity index (χ1) is 9.54. The number of carbonyl (C=O) groups excluding carboxylic acids is 1. The Hall–Kier alpha value is -2.49. The van der Waals surface area contributed by atoms with E-state index in [1.165, 1.54) is 12.1 Å². The van der Waals surface area contributed by atoms with Gasteiger partial charge in [-0.25, -0.2) is 0 Å². The van der Waals surface area contributed by atoms with Crippen LogP contribution in [0.25, 0.3) is 0 Å². The molecule has 0 atom stereocenters. The van der Waals surface area contributed by atoms with Crippen LogP contribution in [0.3, 0.4) is 0 Å². The van der Waals surface area contributed by atoms with E-state index >= 15 is 0 Å². The van der Waals surface area contributed by atoms with Gasteiger partial charge in [0.25, 0.3) is 5.91 Å². The highest BCUT2D eigenvalue weighted by molar-refractivity contribution is 6.04. The number of aromatic hydroxyl groups is 1. The van der Waals surface area contributed by atoms with Crippen molar-refractivity contribution in [2.24, 2.45) is 0 Å². The fourth-order valence-electron chi connectivity index (χ4n) is 1.71. The highest BCUT2D eigenvalue weighted by Crippen LogP contribution is 2.18. The summed E-state index contributed by atoms with van der Waals surface area (Å²) in [6.45, 7) is 3.92. The first-order valence-corrected chi connectivity index (χ1v) is 6.41. The SMILES string of the molecule is CC(C)Oc1ccc(NC(=O)c2ccc(O)cc2)cc1. The summed E-state index contributed by atoms with van der Waals surface area (Å²) in [7, 11) is 0. The highest BCUT2D eigenvalue weighted by atomic mass is 16.5. The number of rotatable bonds is 4. The third kappa shape index (κ3) is 3.75. The quantitative estimate of drug-likeness (QED) is 0.895. The van der Waals surface area contributed by atoms with E-state index in [9.17, 15) is 9.90 Å². The zero-order valence-corrected chi connectivity index (χ0v) is 11.5. The van der Waals surface area contributed by atoms with Crippen LogP contribution in [0.15, 0.2) is 48.5 Å². The molecule has 0 fully saturated rings. The van der Waals surface area contributed by atoms with Crippen molar-refractivity contribution in [3.05, 3.63) is 54.1 Å². The summed E-state index contributed by atoms with van der Waals surface area (Å²) in [4.78, 5) is 12.0. The molecule has 1 amide bonds. The van der Waals surface area contributed by atoms with Crippen LogP contribution in [0.2, 0.25) is 0 Å². The number of hydrogen-bond acceptors (Lipinski definition) is 3. The van der Waals surface area contributed by atoms with Gasteiger partial charge in [0, 0.05) is 11.3 Å². The molecule has 0 saturated carbocycles. The van der Waals surface area contributed by atoms with Crippen LogP contribution in [-0.4, -0.2) is 17.1 Å². The molecule has 2 rings (SSSR count). The van der Waals surface area contributed by atoms with Crippen molar-refractivity contribution in [2.45, 2.75) is 20.0 Å². The highest BCUT2D eigenvalue weighted by Gasteiger charge is 2.06. The number of amides is 1. The third-order valence-electron chi connectivity index (χ3n) is 2.61. The predicted molar refractivity (Wildman–Crippen MR) is 78.3 cm³/mol. The van der Waals surface area contributed by atoms with E-state index < -0.39 is 0 Å². The van der Waals surface area contributed by atoms with Crippen molar-refractivity contribution in [1.82, 2.24) is 0 Å². The molecule has 4 heteroatoms. The first kappa shape index (κ1) is 13.9. The lowest BCUT2D eigenvalue weighted by molar-refractivity contribution is 0.102. The zero-order chi connectivity index (χ0) is 14.5. The van der Waals surface area contributed by atoms with Gasteiger partial charge in [-0.05, 0) is 62.4 Å². The maximum Gasteiger partial charge on any atom is 0.255 e. The molecule has 0 saturated heterocycles. The number of hydrogen-bond donors (Lipinski definition) is 2. The van der Waals surface area contributed by atoms with Gasteiger partial charge in [-0.15, -0.1) is 0 Å². The Morgan fingerprint density at radius 1 is 1.05 bits per heavy atom. The minimum absolute atomic E-state index is 0.118. The van der Waals surface area contributed by atoms with Crippen LogP contribution >= 0.6 is 0 Å². The Morgan fingerprint density at radius 2 is 1.65 bits per heavy atom. The van der Waals surface area contributed by atoms with E-state index in [0.717, 1.165) is 5.75 Å². The number of anilines is 1. The van der Waals surface area contributed by atoms with Gasteiger partial charge in [0.15, 0.2) is 0 Å². The van der Waals surface area contributed by atoms with Gasteiger partial charge in [-0.2, -0.15) is 0 Å². The fourth-order valence-corrected chi connectivity index (χ4v) is 1.71. The Kier molecular flexibility index (Phi) is 4.25. The van der Waals surface area contributed by atoms with E-state index in [4.69, 9.17) is 4.74 Å². The fraction of sp³-hybridized carbons (Fsp3) is 0.188. The minimum Gasteiger partial charge on any atom is -0.508 e. The van der Waals surface area contributed by atoms with Crippen LogP contribution in [0, 0.1) is 0 Å². The molecular formula is C16H17NO3. The second-order valence-corrected chi connectivity index (χ2v) is 4.69. The van der Waals surface area contributed by atoms with Crippen molar-refractivity contribution in [2.75, 3.05) is 5.32 Å². The standard InChI is InChI=1S/C16H17NO3/c1-11(2)20-15-9-5-13(6-10-15)17-16(19)12-3-7-14(18)8-4-12/h3-11,18H,1-2H3,(H,17,19). The van der Waals surface area contributed by atoms with E-state index in [0.29, 0.717) is 11.3 Å². The molecule has 0 unspecified atom stereocenters. The third-order valence-corrected chi connectivity index (χ3v) is 2.61. The lowest BCUT2D eigenvalue weighted by Gasteiger charge is -2.10. The van der Waals surface area contributed by atoms with Gasteiger partial charge >= 0.3 is 0 Å². The summed E-state index contributed by atoms with van der Waals surface area (Å²) >= 11 is 0. The van der Waals surface area contributed by atoms with Gasteiger partial charge in [-0.1, -0.05) is 0 Å². The van der Waals surface area contributed by atoms with Crippen molar-refractivity contribution in [3.8, 4) is 11.5 Å². The van der Waals surface area contributed by atoms with Gasteiger partial charge in [0.2, 0.25) is 0 Å². The molecule has 0 aliphatic rings. The number of ether oxygens (including phenoxy) is 1. The van der Waals surface area contributed by atoms with Crippen molar-refractivity contribution < 1.29 is 14.6 Å². The monoisotopic (exact) mass is 271 g/mol. The summed E-state index contributed by atoms with van der Waals surface area (Å²) in [5.41, 5.74) is 1.18. The van der Waals surface area contributed by atoms with Gasteiger partial charge in [0.05, 0.1) is 6.10 Å². The molecule has 0 spiro atoms. The van der Waals surface area contributed by atoms with E-state index in [2.05, 4.69) is 5.32 Å². The molecule has 20 heavy (non-hydrogen) atoms. The molecule has 2 N–H and O–H groups in total. The minimum atomic E-state index is -0.220. The maximum absolute atomic E-state index is 12.0. The molecule has 0 heterocycles. The molecule has 0 aliphatic carbocycles. The van der Waals surface area contributed by atoms with Gasteiger partial charge < -0.3 is 15.2 Å². The lowest BCUT2D eigenvalue weighted by atomic mass is 10.2. The molecule has 2 aromatic carbocycles. The summed E-state index contributed by atoms with van der Waals surface area (Å²) in [6, 6.07) is 13.3. The number of phenols is 1. The summed E-state index contributed by atoms with van der Waals surface area (Å²) in [6.07, 6.45) is 0.118. The molecule has 4 nitrogen and oxygen atoms in total. The smallest absolute Gasteiger partial charge is 0.255 e. The van der Waals surface area contributed by atoms with Crippen molar-refractivity contribution >= 4 is 11.6 Å². The van der Waals surface area contributed by atoms with Gasteiger partial charge in [0.1, 0.15) is 11.5 Å². The van der Waals surface area contributed by atoms with Crippen LogP contribution in [-0.2, 0) is 0 Å². The Bertz CT molecular complexity index is 574. The van der Waals surface area contributed by atoms with Crippen molar-refractivity contribution in [3.63, 3.8) is 0 Å². The Balaban J connectivity index is 2.02. The second kappa shape index (κ2) is 6.10. The number of benzene rings is 2. The first-order valence-electron chi connectivity index (χ1n) is 6.41. The van der Waals surface area contributed by atoms with Gasteiger partial charge in [-0.3, -0.25) is 4.79 Å². The van der Waals surface area contributed by atoms with Crippen LogP contribution in [0.4, 0.5) is 5.69 Å². The lowest BCUT2D eigenvalue weighted by Crippen LogP contribution is -2.11. The average Bonchev–Trinajstić information content (AvgIpc) is 2.41. The molecule has 2 aromatic rings. The van der Waals surface area contributed by atoms with E-state index in [1.54, 1.807) is 24.3 Å². The summed E-state index contributed by atoms with van der Waals surface area (Å²) in [5, 5.41) is 12.0. The number of carbonyl (C=O) groups is 1. The molecular weight excluding hydrogens is 254 g/mol. The summed E-state index contributed by atoms with van der Waals surface area (Å²) in [5.74, 6) is 0.682. The average molecular weight is 271 g/mol. The van der Waals surface area contributed by atoms with E-state index in [1.807, 2.05) is 26.0 Å². The zero-order valence-electron chi connectivity index (χ0n) is 11.5. The maximum atomic E-state index is 12.0. The molecule has 0 aliphatic heterocycles. The topological polar surface area (TPSA) is 58.6 Å². The van der Waals surface area contributed by atoms with Crippen LogP contribution in [0.5, 0.6) is 11.5 Å². The normalized spacial score (nSPS) is 10.3. The molecule has 0 bridgehead atoms. The number of phenolic OH excluding ortho intramolecular Hbond substituents is 1. The summed E-state index contributed by atoms with van der Waals surface area (Å²) < 4.78 is 5.53. The van der Waals surface area contributed by atoms with Crippen LogP contribution < -0.4 is 10.1 Å². The molecule has 0 aromatic heterocycles. The molecule has 0 radical (unpaired) electrons. The number of nitrogens with one attached hydrogen (secondary N) is 1. The molecule has 104 valence electrons. The Labute approximate surface area is 118 Å².